The lowest BCUT2D eigenvalue weighted by Gasteiger charge is -2.34. The van der Waals surface area contributed by atoms with Crippen LogP contribution in [-0.2, 0) is 9.53 Å². The summed E-state index contributed by atoms with van der Waals surface area (Å²) in [7, 11) is 0. The van der Waals surface area contributed by atoms with E-state index in [0.717, 1.165) is 80.8 Å². The number of rotatable bonds is 7. The average molecular weight is 474 g/mol. The number of halogens is 1. The third-order valence-corrected chi connectivity index (χ3v) is 8.17. The Balaban J connectivity index is 1.00. The van der Waals surface area contributed by atoms with Crippen molar-refractivity contribution in [2.45, 2.75) is 82.3 Å². The number of nitrogens with zero attached hydrogens (tertiary/aromatic N) is 2. The molecule has 1 atom stereocenters. The third kappa shape index (κ3) is 5.90. The van der Waals surface area contributed by atoms with Crippen molar-refractivity contribution in [1.82, 2.24) is 15.4 Å². The monoisotopic (exact) mass is 473 g/mol. The molecule has 1 saturated carbocycles. The first-order valence-electron chi connectivity index (χ1n) is 12.8. The lowest BCUT2D eigenvalue weighted by atomic mass is 9.83. The second kappa shape index (κ2) is 10.7. The van der Waals surface area contributed by atoms with Gasteiger partial charge in [-0.05, 0) is 95.5 Å². The van der Waals surface area contributed by atoms with Crippen LogP contribution >= 0.6 is 11.6 Å². The first kappa shape index (κ1) is 23.1. The summed E-state index contributed by atoms with van der Waals surface area (Å²) in [5, 5.41) is 9.43. The largest absolute Gasteiger partial charge is 0.378 e. The van der Waals surface area contributed by atoms with Gasteiger partial charge < -0.3 is 19.5 Å². The van der Waals surface area contributed by atoms with Gasteiger partial charge in [0, 0.05) is 35.0 Å². The van der Waals surface area contributed by atoms with Crippen LogP contribution in [0.5, 0.6) is 0 Å². The lowest BCUT2D eigenvalue weighted by Crippen LogP contribution is -2.39. The number of carbonyl (C=O) groups excluding carboxylic acids is 1. The zero-order valence-corrected chi connectivity index (χ0v) is 20.2. The van der Waals surface area contributed by atoms with Crippen molar-refractivity contribution in [1.29, 1.82) is 0 Å². The Bertz CT molecular complexity index is 926. The van der Waals surface area contributed by atoms with Crippen molar-refractivity contribution in [3.63, 3.8) is 0 Å². The highest BCUT2D eigenvalue weighted by Gasteiger charge is 2.27. The van der Waals surface area contributed by atoms with Crippen LogP contribution in [0.2, 0.25) is 5.02 Å². The summed E-state index contributed by atoms with van der Waals surface area (Å²) in [6, 6.07) is 6.17. The molecule has 1 amide bonds. The molecular formula is C26H36ClN3O3. The third-order valence-electron chi connectivity index (χ3n) is 7.94. The van der Waals surface area contributed by atoms with Crippen LogP contribution in [0.4, 0.5) is 0 Å². The van der Waals surface area contributed by atoms with Crippen LogP contribution in [0.25, 0.3) is 11.0 Å². The molecule has 0 radical (unpaired) electrons. The molecule has 3 heterocycles. The summed E-state index contributed by atoms with van der Waals surface area (Å²) in [5.41, 5.74) is 1.89. The van der Waals surface area contributed by atoms with Crippen molar-refractivity contribution in [2.75, 3.05) is 26.2 Å². The SMILES string of the molecule is O=C(CC1CCCO1)NC1CCC(CCN2CCC(c3noc4cc(Cl)ccc34)CC2)CC1. The molecule has 1 aromatic heterocycles. The fourth-order valence-corrected chi connectivity index (χ4v) is 6.08. The van der Waals surface area contributed by atoms with E-state index < -0.39 is 0 Å². The first-order valence-corrected chi connectivity index (χ1v) is 13.2. The molecule has 2 saturated heterocycles. The highest BCUT2D eigenvalue weighted by molar-refractivity contribution is 6.31. The van der Waals surface area contributed by atoms with Gasteiger partial charge in [0.05, 0.1) is 18.2 Å². The van der Waals surface area contributed by atoms with Gasteiger partial charge in [-0.3, -0.25) is 4.79 Å². The fourth-order valence-electron chi connectivity index (χ4n) is 5.91. The summed E-state index contributed by atoms with van der Waals surface area (Å²) in [4.78, 5) is 14.9. The lowest BCUT2D eigenvalue weighted by molar-refractivity contribution is -0.124. The van der Waals surface area contributed by atoms with E-state index in [4.69, 9.17) is 20.9 Å². The molecule has 3 aliphatic rings. The normalized spacial score (nSPS) is 27.2. The van der Waals surface area contributed by atoms with Gasteiger partial charge in [0.15, 0.2) is 5.58 Å². The Kier molecular flexibility index (Phi) is 7.53. The van der Waals surface area contributed by atoms with Gasteiger partial charge >= 0.3 is 0 Å². The molecule has 7 heteroatoms. The maximum Gasteiger partial charge on any atom is 0.222 e. The molecule has 33 heavy (non-hydrogen) atoms. The van der Waals surface area contributed by atoms with E-state index in [2.05, 4.69) is 15.4 Å². The van der Waals surface area contributed by atoms with Gasteiger partial charge in [0.2, 0.25) is 5.91 Å². The second-order valence-corrected chi connectivity index (χ2v) is 10.7. The van der Waals surface area contributed by atoms with Crippen LogP contribution < -0.4 is 5.32 Å². The Morgan fingerprint density at radius 2 is 1.94 bits per heavy atom. The summed E-state index contributed by atoms with van der Waals surface area (Å²) < 4.78 is 11.1. The molecule has 1 N–H and O–H groups in total. The number of hydrogen-bond acceptors (Lipinski definition) is 5. The van der Waals surface area contributed by atoms with E-state index in [0.29, 0.717) is 23.4 Å². The number of carbonyl (C=O) groups is 1. The van der Waals surface area contributed by atoms with Gasteiger partial charge in [-0.1, -0.05) is 16.8 Å². The molecule has 2 aliphatic heterocycles. The molecule has 5 rings (SSSR count). The van der Waals surface area contributed by atoms with Gasteiger partial charge in [-0.15, -0.1) is 0 Å². The molecular weight excluding hydrogens is 438 g/mol. The van der Waals surface area contributed by atoms with E-state index in [1.165, 1.54) is 25.8 Å². The Labute approximate surface area is 201 Å². The number of piperidine rings is 1. The van der Waals surface area contributed by atoms with Crippen LogP contribution in [0, 0.1) is 5.92 Å². The highest BCUT2D eigenvalue weighted by Crippen LogP contribution is 2.34. The van der Waals surface area contributed by atoms with E-state index in [9.17, 15) is 4.79 Å². The van der Waals surface area contributed by atoms with Gasteiger partial charge in [-0.25, -0.2) is 0 Å². The highest BCUT2D eigenvalue weighted by atomic mass is 35.5. The molecule has 180 valence electrons. The Morgan fingerprint density at radius 1 is 1.12 bits per heavy atom. The zero-order chi connectivity index (χ0) is 22.6. The van der Waals surface area contributed by atoms with Gasteiger partial charge in [0.1, 0.15) is 0 Å². The fraction of sp³-hybridized carbons (Fsp3) is 0.692. The maximum absolute atomic E-state index is 12.3. The summed E-state index contributed by atoms with van der Waals surface area (Å²) in [6.07, 6.45) is 11.0. The quantitative estimate of drug-likeness (QED) is 0.591. The number of hydrogen-bond donors (Lipinski definition) is 1. The molecule has 1 aromatic carbocycles. The number of nitrogens with one attached hydrogen (secondary N) is 1. The number of likely N-dealkylation sites (tertiary alicyclic amines) is 1. The van der Waals surface area contributed by atoms with Crippen molar-refractivity contribution in [3.05, 3.63) is 28.9 Å². The topological polar surface area (TPSA) is 67.6 Å². The van der Waals surface area contributed by atoms with Crippen LogP contribution in [0.1, 0.15) is 75.8 Å². The van der Waals surface area contributed by atoms with E-state index in [-0.39, 0.29) is 12.0 Å². The number of ether oxygens (including phenoxy) is 1. The van der Waals surface area contributed by atoms with Crippen LogP contribution in [0.15, 0.2) is 22.7 Å². The number of benzene rings is 1. The van der Waals surface area contributed by atoms with E-state index in [1.807, 2.05) is 18.2 Å². The van der Waals surface area contributed by atoms with Crippen molar-refractivity contribution in [2.24, 2.45) is 5.92 Å². The Hall–Kier alpha value is -1.63. The predicted octanol–water partition coefficient (Wildman–Crippen LogP) is 5.29. The van der Waals surface area contributed by atoms with Crippen molar-refractivity contribution < 1.29 is 14.1 Å². The summed E-state index contributed by atoms with van der Waals surface area (Å²) in [5.74, 6) is 1.44. The predicted molar refractivity (Wildman–Crippen MR) is 130 cm³/mol. The first-order chi connectivity index (χ1) is 16.1. The smallest absolute Gasteiger partial charge is 0.222 e. The molecule has 2 aromatic rings. The number of amides is 1. The maximum atomic E-state index is 12.3. The van der Waals surface area contributed by atoms with Crippen molar-refractivity contribution in [3.8, 4) is 0 Å². The zero-order valence-electron chi connectivity index (χ0n) is 19.4. The molecule has 1 aliphatic carbocycles. The summed E-state index contributed by atoms with van der Waals surface area (Å²) >= 11 is 6.08. The van der Waals surface area contributed by atoms with Crippen LogP contribution in [-0.4, -0.2) is 54.4 Å². The average Bonchev–Trinajstić information content (AvgIpc) is 3.48. The van der Waals surface area contributed by atoms with E-state index >= 15 is 0 Å². The van der Waals surface area contributed by atoms with Gasteiger partial charge in [-0.2, -0.15) is 0 Å². The summed E-state index contributed by atoms with van der Waals surface area (Å²) in [6.45, 7) is 4.25. The number of fused-ring (bicyclic) bond motifs is 1. The van der Waals surface area contributed by atoms with Crippen LogP contribution in [0.3, 0.4) is 0 Å². The molecule has 3 fully saturated rings. The van der Waals surface area contributed by atoms with Gasteiger partial charge in [0.25, 0.3) is 0 Å². The van der Waals surface area contributed by atoms with Crippen molar-refractivity contribution >= 4 is 28.5 Å². The minimum atomic E-state index is 0.145. The second-order valence-electron chi connectivity index (χ2n) is 10.2. The minimum absolute atomic E-state index is 0.145. The molecule has 1 unspecified atom stereocenters. The van der Waals surface area contributed by atoms with E-state index in [1.54, 1.807) is 0 Å². The molecule has 6 nitrogen and oxygen atoms in total. The standard InChI is InChI=1S/C26H36ClN3O3/c27-20-5-8-23-24(16-20)33-29-26(23)19-10-13-30(14-11-19)12-9-18-3-6-21(7-4-18)28-25(31)17-22-2-1-15-32-22/h5,8,16,18-19,21-22H,1-4,6-7,9-15,17H2,(H,28,31). The number of aromatic nitrogens is 1. The molecule has 0 bridgehead atoms. The Morgan fingerprint density at radius 3 is 2.70 bits per heavy atom. The molecule has 0 spiro atoms. The minimum Gasteiger partial charge on any atom is -0.378 e.